The molecule has 1 fully saturated rings. The molecule has 0 aromatic carbocycles. The third kappa shape index (κ3) is 3.50. The number of hydrogen-bond donors (Lipinski definition) is 0. The van der Waals surface area contributed by atoms with Crippen molar-refractivity contribution in [2.24, 2.45) is 4.36 Å². The van der Waals surface area contributed by atoms with Crippen molar-refractivity contribution in [3.8, 4) is 0 Å². The summed E-state index contributed by atoms with van der Waals surface area (Å²) in [6.07, 6.45) is 1.85. The molecule has 1 atom stereocenters. The zero-order chi connectivity index (χ0) is 15.0. The monoisotopic (exact) mass is 288 g/mol. The van der Waals surface area contributed by atoms with Gasteiger partial charge in [-0.05, 0) is 61.3 Å². The van der Waals surface area contributed by atoms with Gasteiger partial charge in [0.2, 0.25) is 0 Å². The molecule has 112 valence electrons. The van der Waals surface area contributed by atoms with Crippen LogP contribution >= 0.6 is 0 Å². The Balaban J connectivity index is 3.17. The molecule has 0 unspecified atom stereocenters. The van der Waals surface area contributed by atoms with Crippen LogP contribution in [0.25, 0.3) is 0 Å². The summed E-state index contributed by atoms with van der Waals surface area (Å²) in [4.78, 5) is 14.1. The van der Waals surface area contributed by atoms with E-state index in [0.717, 1.165) is 12.8 Å². The zero-order valence-electron chi connectivity index (χ0n) is 13.3. The molecule has 2 amide bonds. The molecule has 0 bridgehead atoms. The molecule has 0 heterocycles. The second-order valence-electron chi connectivity index (χ2n) is 6.85. The van der Waals surface area contributed by atoms with Crippen molar-refractivity contribution in [3.63, 3.8) is 0 Å². The fraction of sp³-hybridized carbons (Fsp3) is 0.929. The Labute approximate surface area is 118 Å². The second kappa shape index (κ2) is 5.43. The van der Waals surface area contributed by atoms with Gasteiger partial charge in [0.05, 0.1) is 9.73 Å². The topological polar surface area (TPSA) is 49.7 Å². The molecule has 1 rings (SSSR count). The molecule has 0 aromatic rings. The number of nitrogens with zero attached hydrogens (tertiary/aromatic N) is 2. The van der Waals surface area contributed by atoms with Crippen LogP contribution in [0.3, 0.4) is 0 Å². The number of carbonyl (C=O) groups is 1. The summed E-state index contributed by atoms with van der Waals surface area (Å²) < 4.78 is 16.9. The minimum absolute atomic E-state index is 0.0686. The van der Waals surface area contributed by atoms with Crippen molar-refractivity contribution in [3.05, 3.63) is 0 Å². The molecule has 0 aromatic heterocycles. The maximum absolute atomic E-state index is 13.1. The van der Waals surface area contributed by atoms with E-state index in [4.69, 9.17) is 0 Å². The smallest absolute Gasteiger partial charge is 0.318 e. The summed E-state index contributed by atoms with van der Waals surface area (Å²) in [5.41, 5.74) is 0. The van der Waals surface area contributed by atoms with E-state index in [2.05, 4.69) is 4.36 Å². The summed E-state index contributed by atoms with van der Waals surface area (Å²) in [5, 5.41) is 0.0950. The molecule has 0 spiro atoms. The molecule has 0 N–H and O–H groups in total. The van der Waals surface area contributed by atoms with Gasteiger partial charge in [-0.2, -0.15) is 0 Å². The number of hydrogen-bond acceptors (Lipinski definition) is 2. The quantitative estimate of drug-likeness (QED) is 0.796. The van der Waals surface area contributed by atoms with Crippen LogP contribution in [0.2, 0.25) is 0 Å². The summed E-state index contributed by atoms with van der Waals surface area (Å²) >= 11 is 0. The lowest BCUT2D eigenvalue weighted by Gasteiger charge is -2.30. The first-order valence-electron chi connectivity index (χ1n) is 7.08. The minimum Gasteiger partial charge on any atom is -0.318 e. The van der Waals surface area contributed by atoms with Gasteiger partial charge in [0.25, 0.3) is 0 Å². The Morgan fingerprint density at radius 2 is 1.58 bits per heavy atom. The third-order valence-corrected chi connectivity index (χ3v) is 6.96. The van der Waals surface area contributed by atoms with Gasteiger partial charge in [-0.3, -0.25) is 0 Å². The van der Waals surface area contributed by atoms with Crippen LogP contribution in [0.4, 0.5) is 4.79 Å². The summed E-state index contributed by atoms with van der Waals surface area (Å²) in [6.45, 7) is 13.6. The van der Waals surface area contributed by atoms with E-state index in [1.54, 1.807) is 4.90 Å². The maximum atomic E-state index is 13.1. The van der Waals surface area contributed by atoms with Gasteiger partial charge < -0.3 is 4.90 Å². The fourth-order valence-electron chi connectivity index (χ4n) is 2.30. The number of amides is 2. The average Bonchev–Trinajstić information content (AvgIpc) is 2.96. The Bertz CT molecular complexity index is 443. The van der Waals surface area contributed by atoms with E-state index in [0.29, 0.717) is 0 Å². The highest BCUT2D eigenvalue weighted by molar-refractivity contribution is 7.96. The average molecular weight is 288 g/mol. The van der Waals surface area contributed by atoms with E-state index in [1.165, 1.54) is 0 Å². The molecular weight excluding hydrogens is 260 g/mol. The van der Waals surface area contributed by atoms with Crippen molar-refractivity contribution < 1.29 is 9.00 Å². The predicted octanol–water partition coefficient (Wildman–Crippen LogP) is 3.65. The molecule has 0 aliphatic heterocycles. The van der Waals surface area contributed by atoms with Crippen LogP contribution in [0.1, 0.15) is 61.3 Å². The van der Waals surface area contributed by atoms with Crippen LogP contribution in [-0.2, 0) is 9.73 Å². The SMILES string of the molecule is CC(C)N(C(=O)N=[S@](=O)(C1CC1)C(C)(C)C)C(C)C. The Kier molecular flexibility index (Phi) is 4.71. The number of rotatable bonds is 3. The summed E-state index contributed by atoms with van der Waals surface area (Å²) in [6, 6.07) is -0.185. The minimum atomic E-state index is -2.49. The molecule has 5 heteroatoms. The Morgan fingerprint density at radius 1 is 1.16 bits per heavy atom. The van der Waals surface area contributed by atoms with Crippen molar-refractivity contribution in [2.45, 2.75) is 83.4 Å². The molecule has 1 aliphatic rings. The van der Waals surface area contributed by atoms with Gasteiger partial charge in [-0.15, -0.1) is 4.36 Å². The molecule has 1 saturated carbocycles. The standard InChI is InChI=1S/C14H28N2O2S/c1-10(2)16(11(3)4)13(17)15-19(18,12-8-9-12)14(5,6)7/h10-12H,8-9H2,1-7H3/t19-/m0/s1. The summed E-state index contributed by atoms with van der Waals surface area (Å²) in [5.74, 6) is 0. The molecule has 1 aliphatic carbocycles. The normalized spacial score (nSPS) is 19.4. The van der Waals surface area contributed by atoms with Crippen molar-refractivity contribution in [1.82, 2.24) is 4.90 Å². The Morgan fingerprint density at radius 3 is 1.84 bits per heavy atom. The first kappa shape index (κ1) is 16.5. The van der Waals surface area contributed by atoms with Gasteiger partial charge in [0.15, 0.2) is 0 Å². The molecule has 4 nitrogen and oxygen atoms in total. The third-order valence-electron chi connectivity index (χ3n) is 3.40. The van der Waals surface area contributed by atoms with Gasteiger partial charge in [0, 0.05) is 22.1 Å². The van der Waals surface area contributed by atoms with Gasteiger partial charge in [-0.25, -0.2) is 9.00 Å². The second-order valence-corrected chi connectivity index (χ2v) is 10.1. The lowest BCUT2D eigenvalue weighted by molar-refractivity contribution is 0.175. The highest BCUT2D eigenvalue weighted by Gasteiger charge is 2.42. The van der Waals surface area contributed by atoms with Crippen LogP contribution in [0, 0.1) is 0 Å². The molecular formula is C14H28N2O2S. The van der Waals surface area contributed by atoms with Crippen LogP contribution in [0.5, 0.6) is 0 Å². The van der Waals surface area contributed by atoms with Crippen LogP contribution < -0.4 is 0 Å². The molecule has 19 heavy (non-hydrogen) atoms. The van der Waals surface area contributed by atoms with Crippen LogP contribution in [-0.4, -0.2) is 37.2 Å². The Hall–Kier alpha value is -0.580. The lowest BCUT2D eigenvalue weighted by Crippen LogP contribution is -2.42. The van der Waals surface area contributed by atoms with Gasteiger partial charge in [0.1, 0.15) is 0 Å². The van der Waals surface area contributed by atoms with E-state index < -0.39 is 14.5 Å². The molecule has 0 radical (unpaired) electrons. The van der Waals surface area contributed by atoms with Gasteiger partial charge >= 0.3 is 6.03 Å². The predicted molar refractivity (Wildman–Crippen MR) is 80.9 cm³/mol. The van der Waals surface area contributed by atoms with E-state index in [-0.39, 0.29) is 23.4 Å². The van der Waals surface area contributed by atoms with Crippen molar-refractivity contribution >= 4 is 15.8 Å². The van der Waals surface area contributed by atoms with Crippen LogP contribution in [0.15, 0.2) is 4.36 Å². The zero-order valence-corrected chi connectivity index (χ0v) is 14.1. The highest BCUT2D eigenvalue weighted by atomic mass is 32.2. The van der Waals surface area contributed by atoms with E-state index >= 15 is 0 Å². The van der Waals surface area contributed by atoms with Gasteiger partial charge in [-0.1, -0.05) is 0 Å². The van der Waals surface area contributed by atoms with Crippen molar-refractivity contribution in [2.75, 3.05) is 0 Å². The largest absolute Gasteiger partial charge is 0.352 e. The fourth-order valence-corrected chi connectivity index (χ4v) is 4.82. The first-order valence-corrected chi connectivity index (χ1v) is 8.66. The summed E-state index contributed by atoms with van der Waals surface area (Å²) in [7, 11) is -2.49. The maximum Gasteiger partial charge on any atom is 0.352 e. The van der Waals surface area contributed by atoms with Crippen molar-refractivity contribution in [1.29, 1.82) is 0 Å². The first-order chi connectivity index (χ1) is 8.50. The lowest BCUT2D eigenvalue weighted by atomic mass is 10.2. The van der Waals surface area contributed by atoms with E-state index in [1.807, 2.05) is 48.5 Å². The number of urea groups is 1. The highest BCUT2D eigenvalue weighted by Crippen LogP contribution is 2.38. The number of carbonyl (C=O) groups excluding carboxylic acids is 1. The molecule has 0 saturated heterocycles. The van der Waals surface area contributed by atoms with E-state index in [9.17, 15) is 9.00 Å².